The summed E-state index contributed by atoms with van der Waals surface area (Å²) in [5.41, 5.74) is 5.40. The van der Waals surface area contributed by atoms with Crippen molar-refractivity contribution in [2.45, 2.75) is 6.42 Å². The number of hydrogen-bond donors (Lipinski definition) is 2. The van der Waals surface area contributed by atoms with Gasteiger partial charge in [-0.05, 0) is 37.9 Å². The second-order valence-corrected chi connectivity index (χ2v) is 5.48. The second-order valence-electron chi connectivity index (χ2n) is 3.71. The van der Waals surface area contributed by atoms with Crippen LogP contribution in [0.5, 0.6) is 0 Å². The van der Waals surface area contributed by atoms with Crippen LogP contribution >= 0.6 is 31.9 Å². The van der Waals surface area contributed by atoms with Crippen molar-refractivity contribution < 1.29 is 4.74 Å². The highest BCUT2D eigenvalue weighted by atomic mass is 79.9. The van der Waals surface area contributed by atoms with Crippen LogP contribution in [0.15, 0.2) is 21.2 Å². The smallest absolute Gasteiger partial charge is 0.143 e. The van der Waals surface area contributed by atoms with Gasteiger partial charge in [0.2, 0.25) is 0 Å². The maximum absolute atomic E-state index is 7.30. The third-order valence-corrected chi connectivity index (χ3v) is 3.32. The number of hydrogen-bond acceptors (Lipinski definition) is 4. The van der Waals surface area contributed by atoms with Gasteiger partial charge in [0.25, 0.3) is 0 Å². The van der Waals surface area contributed by atoms with E-state index in [0.29, 0.717) is 26.1 Å². The Bertz CT molecular complexity index is 414. The summed E-state index contributed by atoms with van der Waals surface area (Å²) in [4.78, 5) is 6.42. The van der Waals surface area contributed by atoms with Crippen LogP contribution in [0.2, 0.25) is 0 Å². The van der Waals surface area contributed by atoms with Gasteiger partial charge < -0.3 is 15.4 Å². The van der Waals surface area contributed by atoms with Crippen molar-refractivity contribution in [2.24, 2.45) is 5.73 Å². The molecule has 0 spiro atoms. The molecule has 7 heteroatoms. The number of pyridine rings is 1. The van der Waals surface area contributed by atoms with Crippen molar-refractivity contribution in [1.82, 2.24) is 4.98 Å². The standard InChI is InChI=1S/C11H16Br2N4O/c1-18-5-4-17(3-2-10(14)15)11-9(13)6-8(12)7-16-11/h6-7H,2-5H2,1H3,(H3,14,15). The Labute approximate surface area is 123 Å². The van der Waals surface area contributed by atoms with Gasteiger partial charge in [0.15, 0.2) is 0 Å². The molecular weight excluding hydrogens is 364 g/mol. The number of nitrogens with one attached hydrogen (secondary N) is 1. The fraction of sp³-hybridized carbons (Fsp3) is 0.455. The molecule has 1 rings (SSSR count). The Morgan fingerprint density at radius 2 is 2.22 bits per heavy atom. The topological polar surface area (TPSA) is 75.2 Å². The molecule has 0 atom stereocenters. The van der Waals surface area contributed by atoms with E-state index in [1.165, 1.54) is 0 Å². The van der Waals surface area contributed by atoms with E-state index in [4.69, 9.17) is 15.9 Å². The summed E-state index contributed by atoms with van der Waals surface area (Å²) in [6, 6.07) is 1.94. The first kappa shape index (κ1) is 15.4. The van der Waals surface area contributed by atoms with Crippen molar-refractivity contribution >= 4 is 43.5 Å². The molecule has 0 aliphatic rings. The molecule has 1 heterocycles. The van der Waals surface area contributed by atoms with Gasteiger partial charge >= 0.3 is 0 Å². The van der Waals surface area contributed by atoms with Crippen LogP contribution in [0, 0.1) is 5.41 Å². The summed E-state index contributed by atoms with van der Waals surface area (Å²) in [6.45, 7) is 1.95. The Hall–Kier alpha value is -0.660. The first-order valence-electron chi connectivity index (χ1n) is 5.42. The molecule has 0 radical (unpaired) electrons. The van der Waals surface area contributed by atoms with E-state index in [1.54, 1.807) is 13.3 Å². The van der Waals surface area contributed by atoms with Gasteiger partial charge in [0, 0.05) is 37.3 Å². The van der Waals surface area contributed by atoms with Crippen LogP contribution < -0.4 is 10.6 Å². The third-order valence-electron chi connectivity index (χ3n) is 2.30. The molecule has 1 aromatic rings. The molecule has 0 aliphatic carbocycles. The lowest BCUT2D eigenvalue weighted by atomic mass is 10.3. The predicted molar refractivity (Wildman–Crippen MR) is 80.3 cm³/mol. The molecular formula is C11H16Br2N4O. The number of anilines is 1. The summed E-state index contributed by atoms with van der Waals surface area (Å²) < 4.78 is 6.90. The number of amidine groups is 1. The molecule has 3 N–H and O–H groups in total. The zero-order valence-corrected chi connectivity index (χ0v) is 13.3. The first-order chi connectivity index (χ1) is 8.54. The van der Waals surface area contributed by atoms with Gasteiger partial charge in [-0.3, -0.25) is 5.41 Å². The molecule has 0 aliphatic heterocycles. The fourth-order valence-corrected chi connectivity index (χ4v) is 2.66. The second kappa shape index (κ2) is 7.70. The fourth-order valence-electron chi connectivity index (χ4n) is 1.42. The van der Waals surface area contributed by atoms with Crippen molar-refractivity contribution in [3.05, 3.63) is 21.2 Å². The minimum absolute atomic E-state index is 0.172. The van der Waals surface area contributed by atoms with Crippen LogP contribution in [0.1, 0.15) is 6.42 Å². The average Bonchev–Trinajstić information content (AvgIpc) is 2.30. The van der Waals surface area contributed by atoms with Crippen molar-refractivity contribution in [3.63, 3.8) is 0 Å². The summed E-state index contributed by atoms with van der Waals surface area (Å²) in [5.74, 6) is 1.00. The molecule has 0 fully saturated rings. The van der Waals surface area contributed by atoms with Crippen LogP contribution in [0.25, 0.3) is 0 Å². The normalized spacial score (nSPS) is 10.4. The monoisotopic (exact) mass is 378 g/mol. The Kier molecular flexibility index (Phi) is 6.59. The number of ether oxygens (including phenoxy) is 1. The van der Waals surface area contributed by atoms with E-state index in [9.17, 15) is 0 Å². The minimum Gasteiger partial charge on any atom is -0.388 e. The zero-order valence-electron chi connectivity index (χ0n) is 10.1. The van der Waals surface area contributed by atoms with E-state index >= 15 is 0 Å². The summed E-state index contributed by atoms with van der Waals surface area (Å²) in [5, 5.41) is 7.30. The zero-order chi connectivity index (χ0) is 13.5. The number of rotatable bonds is 7. The van der Waals surface area contributed by atoms with E-state index in [1.807, 2.05) is 11.0 Å². The number of nitrogens with two attached hydrogens (primary N) is 1. The molecule has 18 heavy (non-hydrogen) atoms. The van der Waals surface area contributed by atoms with E-state index in [0.717, 1.165) is 14.8 Å². The van der Waals surface area contributed by atoms with Crippen LogP contribution in [-0.2, 0) is 4.74 Å². The van der Waals surface area contributed by atoms with Gasteiger partial charge in [-0.1, -0.05) is 0 Å². The minimum atomic E-state index is 0.172. The Morgan fingerprint density at radius 1 is 1.50 bits per heavy atom. The molecule has 0 amide bonds. The highest BCUT2D eigenvalue weighted by Crippen LogP contribution is 2.26. The van der Waals surface area contributed by atoms with Gasteiger partial charge in [-0.2, -0.15) is 0 Å². The van der Waals surface area contributed by atoms with Crippen LogP contribution in [-0.4, -0.2) is 37.6 Å². The van der Waals surface area contributed by atoms with Crippen LogP contribution in [0.4, 0.5) is 5.82 Å². The lowest BCUT2D eigenvalue weighted by molar-refractivity contribution is 0.205. The van der Waals surface area contributed by atoms with E-state index in [-0.39, 0.29) is 5.84 Å². The summed E-state index contributed by atoms with van der Waals surface area (Å²) in [6.07, 6.45) is 2.25. The van der Waals surface area contributed by atoms with Gasteiger partial charge in [-0.15, -0.1) is 0 Å². The summed E-state index contributed by atoms with van der Waals surface area (Å²) in [7, 11) is 1.66. The molecule has 0 unspecified atom stereocenters. The maximum atomic E-state index is 7.30. The van der Waals surface area contributed by atoms with Crippen molar-refractivity contribution in [2.75, 3.05) is 31.7 Å². The SMILES string of the molecule is COCCN(CCC(=N)N)c1ncc(Br)cc1Br. The Balaban J connectivity index is 2.82. The number of nitrogens with zero attached hydrogens (tertiary/aromatic N) is 2. The molecule has 0 aromatic carbocycles. The van der Waals surface area contributed by atoms with Gasteiger partial charge in [0.1, 0.15) is 5.82 Å². The quantitative estimate of drug-likeness (QED) is 0.563. The predicted octanol–water partition coefficient (Wildman–Crippen LogP) is 2.39. The molecule has 0 saturated carbocycles. The summed E-state index contributed by atoms with van der Waals surface area (Å²) >= 11 is 6.86. The lowest BCUT2D eigenvalue weighted by Crippen LogP contribution is -2.31. The molecule has 0 bridgehead atoms. The number of methoxy groups -OCH3 is 1. The first-order valence-corrected chi connectivity index (χ1v) is 7.01. The Morgan fingerprint density at radius 3 is 2.78 bits per heavy atom. The third kappa shape index (κ3) is 4.91. The lowest BCUT2D eigenvalue weighted by Gasteiger charge is -2.24. The van der Waals surface area contributed by atoms with Gasteiger partial charge in [0.05, 0.1) is 16.9 Å². The van der Waals surface area contributed by atoms with Crippen molar-refractivity contribution in [3.8, 4) is 0 Å². The van der Waals surface area contributed by atoms with E-state index < -0.39 is 0 Å². The van der Waals surface area contributed by atoms with Crippen molar-refractivity contribution in [1.29, 1.82) is 5.41 Å². The maximum Gasteiger partial charge on any atom is 0.143 e. The molecule has 1 aromatic heterocycles. The molecule has 100 valence electrons. The van der Waals surface area contributed by atoms with E-state index in [2.05, 4.69) is 36.8 Å². The highest BCUT2D eigenvalue weighted by molar-refractivity contribution is 9.11. The largest absolute Gasteiger partial charge is 0.388 e. The average molecular weight is 380 g/mol. The highest BCUT2D eigenvalue weighted by Gasteiger charge is 2.12. The molecule has 5 nitrogen and oxygen atoms in total. The number of halogens is 2. The number of aromatic nitrogens is 1. The van der Waals surface area contributed by atoms with Gasteiger partial charge in [-0.25, -0.2) is 4.98 Å². The molecule has 0 saturated heterocycles. The van der Waals surface area contributed by atoms with Crippen LogP contribution in [0.3, 0.4) is 0 Å².